The van der Waals surface area contributed by atoms with Crippen LogP contribution in [0.25, 0.3) is 0 Å². The summed E-state index contributed by atoms with van der Waals surface area (Å²) in [6, 6.07) is 7.72. The molecule has 1 unspecified atom stereocenters. The highest BCUT2D eigenvalue weighted by Crippen LogP contribution is 2.21. The molecule has 2 heterocycles. The summed E-state index contributed by atoms with van der Waals surface area (Å²) >= 11 is 0. The average Bonchev–Trinajstić information content (AvgIpc) is 2.98. The van der Waals surface area contributed by atoms with Gasteiger partial charge in [0.05, 0.1) is 5.92 Å². The van der Waals surface area contributed by atoms with E-state index in [4.69, 9.17) is 9.84 Å². The maximum Gasteiger partial charge on any atom is 0.308 e. The van der Waals surface area contributed by atoms with E-state index in [1.54, 1.807) is 4.90 Å². The molecule has 136 valence electrons. The summed E-state index contributed by atoms with van der Waals surface area (Å²) in [4.78, 5) is 26.9. The van der Waals surface area contributed by atoms with Crippen molar-refractivity contribution < 1.29 is 19.4 Å². The second kappa shape index (κ2) is 8.34. The van der Waals surface area contributed by atoms with Gasteiger partial charge in [-0.3, -0.25) is 14.5 Å². The number of carbonyl (C=O) groups is 2. The van der Waals surface area contributed by atoms with E-state index >= 15 is 0 Å². The Morgan fingerprint density at radius 2 is 1.88 bits per heavy atom. The van der Waals surface area contributed by atoms with Crippen molar-refractivity contribution in [1.82, 2.24) is 9.80 Å². The Morgan fingerprint density at radius 1 is 1.16 bits per heavy atom. The first-order valence-electron chi connectivity index (χ1n) is 9.06. The predicted octanol–water partition coefficient (Wildman–Crippen LogP) is 1.98. The molecule has 1 aromatic carbocycles. The molecule has 0 bridgehead atoms. The number of rotatable bonds is 7. The number of benzene rings is 1. The van der Waals surface area contributed by atoms with E-state index in [0.29, 0.717) is 19.7 Å². The van der Waals surface area contributed by atoms with Gasteiger partial charge in [0.15, 0.2) is 0 Å². The fourth-order valence-corrected chi connectivity index (χ4v) is 3.48. The molecule has 0 aliphatic carbocycles. The third kappa shape index (κ3) is 4.95. The summed E-state index contributed by atoms with van der Waals surface area (Å²) in [5.41, 5.74) is 0.989. The molecular formula is C19H26N2O4. The molecule has 6 heteroatoms. The first kappa shape index (κ1) is 17.7. The molecule has 2 saturated heterocycles. The van der Waals surface area contributed by atoms with Gasteiger partial charge in [-0.25, -0.2) is 0 Å². The number of ether oxygens (including phenoxy) is 1. The lowest BCUT2D eigenvalue weighted by atomic mass is 10.1. The molecule has 1 aromatic rings. The quantitative estimate of drug-likeness (QED) is 0.817. The van der Waals surface area contributed by atoms with Gasteiger partial charge >= 0.3 is 5.97 Å². The van der Waals surface area contributed by atoms with Gasteiger partial charge in [-0.2, -0.15) is 0 Å². The van der Waals surface area contributed by atoms with Crippen molar-refractivity contribution in [2.75, 3.05) is 32.8 Å². The van der Waals surface area contributed by atoms with Gasteiger partial charge in [-0.05, 0) is 43.6 Å². The largest absolute Gasteiger partial charge is 0.492 e. The normalized spacial score (nSPS) is 21.5. The number of amides is 1. The van der Waals surface area contributed by atoms with Crippen LogP contribution in [-0.4, -0.2) is 59.6 Å². The summed E-state index contributed by atoms with van der Waals surface area (Å²) in [6.45, 7) is 4.73. The van der Waals surface area contributed by atoms with E-state index in [0.717, 1.165) is 17.9 Å². The molecule has 3 rings (SSSR count). The fraction of sp³-hybridized carbons (Fsp3) is 0.579. The topological polar surface area (TPSA) is 70.1 Å². The van der Waals surface area contributed by atoms with E-state index in [1.165, 1.54) is 32.4 Å². The van der Waals surface area contributed by atoms with Gasteiger partial charge in [0.25, 0.3) is 0 Å². The SMILES string of the molecule is O=C(O)C1CC(=O)N(Cc2ccc(OCCN3CCCCC3)cc2)C1. The minimum Gasteiger partial charge on any atom is -0.492 e. The molecule has 2 aliphatic rings. The number of hydrogen-bond acceptors (Lipinski definition) is 4. The Balaban J connectivity index is 1.44. The number of piperidine rings is 1. The van der Waals surface area contributed by atoms with Crippen molar-refractivity contribution in [3.05, 3.63) is 29.8 Å². The molecule has 0 aromatic heterocycles. The van der Waals surface area contributed by atoms with Crippen LogP contribution < -0.4 is 4.74 Å². The van der Waals surface area contributed by atoms with Crippen LogP contribution in [0.5, 0.6) is 5.75 Å². The van der Waals surface area contributed by atoms with E-state index in [9.17, 15) is 9.59 Å². The molecular weight excluding hydrogens is 320 g/mol. The van der Waals surface area contributed by atoms with Crippen molar-refractivity contribution in [1.29, 1.82) is 0 Å². The Kier molecular flexibility index (Phi) is 5.91. The highest BCUT2D eigenvalue weighted by molar-refractivity contribution is 5.86. The number of hydrogen-bond donors (Lipinski definition) is 1. The smallest absolute Gasteiger partial charge is 0.308 e. The van der Waals surface area contributed by atoms with Crippen LogP contribution in [0.4, 0.5) is 0 Å². The Morgan fingerprint density at radius 3 is 2.52 bits per heavy atom. The molecule has 1 atom stereocenters. The molecule has 0 spiro atoms. The van der Waals surface area contributed by atoms with E-state index in [2.05, 4.69) is 4.90 Å². The fourth-order valence-electron chi connectivity index (χ4n) is 3.48. The second-order valence-corrected chi connectivity index (χ2v) is 6.91. The molecule has 2 fully saturated rings. The van der Waals surface area contributed by atoms with Crippen LogP contribution in [0.3, 0.4) is 0 Å². The number of carboxylic acids is 1. The molecule has 1 amide bonds. The van der Waals surface area contributed by atoms with Crippen LogP contribution in [0.15, 0.2) is 24.3 Å². The minimum atomic E-state index is -0.895. The van der Waals surface area contributed by atoms with E-state index < -0.39 is 11.9 Å². The molecule has 25 heavy (non-hydrogen) atoms. The third-order valence-corrected chi connectivity index (χ3v) is 4.99. The maximum absolute atomic E-state index is 11.9. The zero-order chi connectivity index (χ0) is 17.6. The number of carboxylic acid groups (broad SMARTS) is 1. The van der Waals surface area contributed by atoms with Crippen LogP contribution in [0.1, 0.15) is 31.2 Å². The van der Waals surface area contributed by atoms with Crippen molar-refractivity contribution in [3.63, 3.8) is 0 Å². The van der Waals surface area contributed by atoms with Crippen LogP contribution in [0, 0.1) is 5.92 Å². The molecule has 1 N–H and O–H groups in total. The number of carbonyl (C=O) groups excluding carboxylic acids is 1. The molecule has 2 aliphatic heterocycles. The lowest BCUT2D eigenvalue weighted by Gasteiger charge is -2.26. The van der Waals surface area contributed by atoms with E-state index in [1.807, 2.05) is 24.3 Å². The van der Waals surface area contributed by atoms with Gasteiger partial charge in [0.1, 0.15) is 12.4 Å². The van der Waals surface area contributed by atoms with Crippen LogP contribution in [-0.2, 0) is 16.1 Å². The summed E-state index contributed by atoms with van der Waals surface area (Å²) in [7, 11) is 0. The van der Waals surface area contributed by atoms with Gasteiger partial charge in [-0.15, -0.1) is 0 Å². The van der Waals surface area contributed by atoms with Crippen molar-refractivity contribution in [2.45, 2.75) is 32.2 Å². The summed E-state index contributed by atoms with van der Waals surface area (Å²) in [6.07, 6.45) is 4.01. The van der Waals surface area contributed by atoms with Crippen LogP contribution >= 0.6 is 0 Å². The number of nitrogens with zero attached hydrogens (tertiary/aromatic N) is 2. The average molecular weight is 346 g/mol. The zero-order valence-corrected chi connectivity index (χ0v) is 14.5. The predicted molar refractivity (Wildman–Crippen MR) is 93.4 cm³/mol. The molecule has 0 saturated carbocycles. The first-order valence-corrected chi connectivity index (χ1v) is 9.06. The van der Waals surface area contributed by atoms with Crippen molar-refractivity contribution >= 4 is 11.9 Å². The molecule has 6 nitrogen and oxygen atoms in total. The first-order chi connectivity index (χ1) is 12.1. The highest BCUT2D eigenvalue weighted by Gasteiger charge is 2.33. The van der Waals surface area contributed by atoms with Crippen LogP contribution in [0.2, 0.25) is 0 Å². The monoisotopic (exact) mass is 346 g/mol. The van der Waals surface area contributed by atoms with Crippen molar-refractivity contribution in [2.24, 2.45) is 5.92 Å². The summed E-state index contributed by atoms with van der Waals surface area (Å²) < 4.78 is 5.80. The van der Waals surface area contributed by atoms with Gasteiger partial charge in [0, 0.05) is 26.1 Å². The third-order valence-electron chi connectivity index (χ3n) is 4.99. The lowest BCUT2D eigenvalue weighted by molar-refractivity contribution is -0.141. The standard InChI is InChI=1S/C19H26N2O4/c22-18-12-16(19(23)24)14-21(18)13-15-4-6-17(7-5-15)25-11-10-20-8-2-1-3-9-20/h4-7,16H,1-3,8-14H2,(H,23,24). The second-order valence-electron chi connectivity index (χ2n) is 6.91. The van der Waals surface area contributed by atoms with Gasteiger partial charge in [-0.1, -0.05) is 18.6 Å². The number of likely N-dealkylation sites (tertiary alicyclic amines) is 2. The summed E-state index contributed by atoms with van der Waals surface area (Å²) in [5, 5.41) is 9.03. The Labute approximate surface area is 148 Å². The lowest BCUT2D eigenvalue weighted by Crippen LogP contribution is -2.33. The summed E-state index contributed by atoms with van der Waals surface area (Å²) in [5.74, 6) is -0.732. The maximum atomic E-state index is 11.9. The highest BCUT2D eigenvalue weighted by atomic mass is 16.5. The number of aliphatic carboxylic acids is 1. The Bertz CT molecular complexity index is 596. The zero-order valence-electron chi connectivity index (χ0n) is 14.5. The van der Waals surface area contributed by atoms with Gasteiger partial charge in [0.2, 0.25) is 5.91 Å². The van der Waals surface area contributed by atoms with E-state index in [-0.39, 0.29) is 12.3 Å². The minimum absolute atomic E-state index is 0.0886. The van der Waals surface area contributed by atoms with Crippen molar-refractivity contribution in [3.8, 4) is 5.75 Å². The van der Waals surface area contributed by atoms with Gasteiger partial charge < -0.3 is 14.7 Å². The molecule has 0 radical (unpaired) electrons. The Hall–Kier alpha value is -2.08.